The van der Waals surface area contributed by atoms with Crippen LogP contribution in [-0.2, 0) is 20.3 Å². The van der Waals surface area contributed by atoms with Gasteiger partial charge in [0.15, 0.2) is 17.6 Å². The SMILES string of the molecule is CC[S@@](=O)c1ccccc1C(=O)O[C@@H](C)C(=O)Nc1ccc2c(c1)OCCO2. The van der Waals surface area contributed by atoms with Crippen molar-refractivity contribution in [2.24, 2.45) is 0 Å². The van der Waals surface area contributed by atoms with Gasteiger partial charge < -0.3 is 19.5 Å². The molecule has 1 amide bonds. The van der Waals surface area contributed by atoms with Crippen molar-refractivity contribution in [3.8, 4) is 11.5 Å². The van der Waals surface area contributed by atoms with Crippen molar-refractivity contribution in [2.75, 3.05) is 24.3 Å². The average molecular weight is 403 g/mol. The number of amides is 1. The monoisotopic (exact) mass is 403 g/mol. The van der Waals surface area contributed by atoms with Gasteiger partial charge in [0, 0.05) is 17.5 Å². The molecule has 0 spiro atoms. The topological polar surface area (TPSA) is 90.9 Å². The van der Waals surface area contributed by atoms with Crippen LogP contribution < -0.4 is 14.8 Å². The van der Waals surface area contributed by atoms with E-state index in [2.05, 4.69) is 5.32 Å². The lowest BCUT2D eigenvalue weighted by atomic mass is 10.2. The molecule has 0 bridgehead atoms. The highest BCUT2D eigenvalue weighted by Gasteiger charge is 2.23. The number of hydrogen-bond acceptors (Lipinski definition) is 6. The molecular weight excluding hydrogens is 382 g/mol. The maximum atomic E-state index is 12.5. The first-order valence-corrected chi connectivity index (χ1v) is 10.2. The molecule has 0 aromatic heterocycles. The minimum atomic E-state index is -1.31. The predicted octanol–water partition coefficient (Wildman–Crippen LogP) is 2.77. The van der Waals surface area contributed by atoms with Gasteiger partial charge in [0.05, 0.1) is 21.3 Å². The van der Waals surface area contributed by atoms with E-state index >= 15 is 0 Å². The number of benzene rings is 2. The number of fused-ring (bicyclic) bond motifs is 1. The summed E-state index contributed by atoms with van der Waals surface area (Å²) in [6.07, 6.45) is -1.04. The third kappa shape index (κ3) is 4.51. The Balaban J connectivity index is 1.66. The zero-order chi connectivity index (χ0) is 20.1. The van der Waals surface area contributed by atoms with E-state index in [4.69, 9.17) is 14.2 Å². The first-order chi connectivity index (χ1) is 13.5. The molecule has 28 heavy (non-hydrogen) atoms. The number of carbonyl (C=O) groups is 2. The molecule has 0 radical (unpaired) electrons. The van der Waals surface area contributed by atoms with Gasteiger partial charge in [-0.3, -0.25) is 9.00 Å². The van der Waals surface area contributed by atoms with Crippen LogP contribution in [0.2, 0.25) is 0 Å². The predicted molar refractivity (Wildman–Crippen MR) is 104 cm³/mol. The first-order valence-electron chi connectivity index (χ1n) is 8.88. The molecule has 1 aliphatic heterocycles. The second-order valence-corrected chi connectivity index (χ2v) is 7.73. The van der Waals surface area contributed by atoms with Crippen molar-refractivity contribution in [1.29, 1.82) is 0 Å². The summed E-state index contributed by atoms with van der Waals surface area (Å²) in [6, 6.07) is 11.6. The van der Waals surface area contributed by atoms with E-state index in [1.165, 1.54) is 13.0 Å². The molecule has 1 aliphatic rings. The first kappa shape index (κ1) is 19.9. The van der Waals surface area contributed by atoms with E-state index < -0.39 is 28.8 Å². The fourth-order valence-corrected chi connectivity index (χ4v) is 3.57. The Labute approximate surface area is 165 Å². The molecule has 1 N–H and O–H groups in total. The lowest BCUT2D eigenvalue weighted by molar-refractivity contribution is -0.123. The van der Waals surface area contributed by atoms with Crippen LogP contribution in [-0.4, -0.2) is 41.2 Å². The van der Waals surface area contributed by atoms with Gasteiger partial charge in [0.2, 0.25) is 0 Å². The van der Waals surface area contributed by atoms with Crippen molar-refractivity contribution in [3.63, 3.8) is 0 Å². The molecule has 2 aromatic carbocycles. The van der Waals surface area contributed by atoms with Gasteiger partial charge in [-0.15, -0.1) is 0 Å². The van der Waals surface area contributed by atoms with Gasteiger partial charge >= 0.3 is 5.97 Å². The Bertz CT molecular complexity index is 913. The molecule has 0 aliphatic carbocycles. The van der Waals surface area contributed by atoms with Crippen molar-refractivity contribution < 1.29 is 28.0 Å². The number of esters is 1. The molecule has 8 heteroatoms. The van der Waals surface area contributed by atoms with Crippen LogP contribution in [0.15, 0.2) is 47.4 Å². The van der Waals surface area contributed by atoms with Crippen LogP contribution in [0.1, 0.15) is 24.2 Å². The van der Waals surface area contributed by atoms with Crippen LogP contribution in [0.5, 0.6) is 11.5 Å². The van der Waals surface area contributed by atoms with E-state index in [-0.39, 0.29) is 5.56 Å². The molecule has 2 atom stereocenters. The summed E-state index contributed by atoms with van der Waals surface area (Å²) in [7, 11) is -1.31. The summed E-state index contributed by atoms with van der Waals surface area (Å²) in [6.45, 7) is 4.17. The molecule has 0 fully saturated rings. The highest BCUT2D eigenvalue weighted by molar-refractivity contribution is 7.85. The van der Waals surface area contributed by atoms with Gasteiger partial charge in [0.25, 0.3) is 5.91 Å². The maximum absolute atomic E-state index is 12.5. The Hall–Kier alpha value is -2.87. The quantitative estimate of drug-likeness (QED) is 0.746. The van der Waals surface area contributed by atoms with E-state index in [0.29, 0.717) is 41.0 Å². The summed E-state index contributed by atoms with van der Waals surface area (Å²) in [5.74, 6) is 0.361. The van der Waals surface area contributed by atoms with Crippen LogP contribution in [0, 0.1) is 0 Å². The third-order valence-corrected chi connectivity index (χ3v) is 5.45. The van der Waals surface area contributed by atoms with Gasteiger partial charge in [-0.2, -0.15) is 0 Å². The van der Waals surface area contributed by atoms with Crippen molar-refractivity contribution in [1.82, 2.24) is 0 Å². The zero-order valence-corrected chi connectivity index (χ0v) is 16.4. The molecule has 0 saturated carbocycles. The summed E-state index contributed by atoms with van der Waals surface area (Å²) in [5.41, 5.74) is 0.700. The molecule has 2 aromatic rings. The lowest BCUT2D eigenvalue weighted by Crippen LogP contribution is -2.30. The summed E-state index contributed by atoms with van der Waals surface area (Å²) in [4.78, 5) is 25.3. The fraction of sp³-hybridized carbons (Fsp3) is 0.300. The molecule has 7 nitrogen and oxygen atoms in total. The van der Waals surface area contributed by atoms with Crippen molar-refractivity contribution in [2.45, 2.75) is 24.8 Å². The largest absolute Gasteiger partial charge is 0.486 e. The molecule has 0 saturated heterocycles. The van der Waals surface area contributed by atoms with Gasteiger partial charge in [-0.05, 0) is 31.2 Å². The molecule has 3 rings (SSSR count). The number of hydrogen-bond donors (Lipinski definition) is 1. The van der Waals surface area contributed by atoms with E-state index in [9.17, 15) is 13.8 Å². The zero-order valence-electron chi connectivity index (χ0n) is 15.6. The summed E-state index contributed by atoms with van der Waals surface area (Å²) in [5, 5.41) is 2.69. The average Bonchev–Trinajstić information content (AvgIpc) is 2.72. The maximum Gasteiger partial charge on any atom is 0.340 e. The van der Waals surface area contributed by atoms with Gasteiger partial charge in [-0.25, -0.2) is 4.79 Å². The van der Waals surface area contributed by atoms with Crippen LogP contribution in [0.25, 0.3) is 0 Å². The summed E-state index contributed by atoms with van der Waals surface area (Å²) >= 11 is 0. The van der Waals surface area contributed by atoms with E-state index in [0.717, 1.165) is 0 Å². The van der Waals surface area contributed by atoms with Crippen molar-refractivity contribution in [3.05, 3.63) is 48.0 Å². The lowest BCUT2D eigenvalue weighted by Gasteiger charge is -2.19. The van der Waals surface area contributed by atoms with Gasteiger partial charge in [-0.1, -0.05) is 19.1 Å². The smallest absolute Gasteiger partial charge is 0.340 e. The number of nitrogens with one attached hydrogen (secondary N) is 1. The molecular formula is C20H21NO6S. The minimum Gasteiger partial charge on any atom is -0.486 e. The Morgan fingerprint density at radius 3 is 2.61 bits per heavy atom. The minimum absolute atomic E-state index is 0.196. The number of carbonyl (C=O) groups excluding carboxylic acids is 2. The molecule has 1 heterocycles. The van der Waals surface area contributed by atoms with E-state index in [1.54, 1.807) is 43.3 Å². The fourth-order valence-electron chi connectivity index (χ4n) is 2.63. The number of rotatable bonds is 6. The number of ether oxygens (including phenoxy) is 3. The summed E-state index contributed by atoms with van der Waals surface area (Å²) < 4.78 is 28.3. The third-order valence-electron chi connectivity index (χ3n) is 4.08. The number of anilines is 1. The second kappa shape index (κ2) is 8.88. The van der Waals surface area contributed by atoms with Crippen LogP contribution in [0.3, 0.4) is 0 Å². The van der Waals surface area contributed by atoms with Crippen molar-refractivity contribution >= 4 is 28.4 Å². The second-order valence-electron chi connectivity index (χ2n) is 6.03. The Kier molecular flexibility index (Phi) is 6.30. The molecule has 0 unspecified atom stereocenters. The van der Waals surface area contributed by atoms with Gasteiger partial charge in [0.1, 0.15) is 13.2 Å². The normalized spacial score (nSPS) is 14.6. The van der Waals surface area contributed by atoms with Crippen LogP contribution in [0.4, 0.5) is 5.69 Å². The van der Waals surface area contributed by atoms with E-state index in [1.807, 2.05) is 0 Å². The Morgan fingerprint density at radius 2 is 1.86 bits per heavy atom. The highest BCUT2D eigenvalue weighted by Crippen LogP contribution is 2.32. The highest BCUT2D eigenvalue weighted by atomic mass is 32.2. The van der Waals surface area contributed by atoms with Crippen LogP contribution >= 0.6 is 0 Å². The standard InChI is InChI=1S/C20H21NO6S/c1-3-28(24)18-7-5-4-6-15(18)20(23)27-13(2)19(22)21-14-8-9-16-17(12-14)26-11-10-25-16/h4-9,12-13H,3,10-11H2,1-2H3,(H,21,22)/t13-,28+/m0/s1. The Morgan fingerprint density at radius 1 is 1.14 bits per heavy atom. The molecule has 148 valence electrons.